The van der Waals surface area contributed by atoms with Crippen molar-refractivity contribution >= 4 is 5.91 Å². The van der Waals surface area contributed by atoms with E-state index in [9.17, 15) is 4.79 Å². The minimum Gasteiger partial charge on any atom is -0.489 e. The van der Waals surface area contributed by atoms with Gasteiger partial charge in [-0.2, -0.15) is 0 Å². The maximum atomic E-state index is 12.8. The minimum absolute atomic E-state index is 0.00689. The third-order valence-corrected chi connectivity index (χ3v) is 4.26. The molecular formula is C18H29N3O3. The van der Waals surface area contributed by atoms with Crippen LogP contribution >= 0.6 is 0 Å². The average molecular weight is 335 g/mol. The number of amides is 1. The van der Waals surface area contributed by atoms with Gasteiger partial charge in [-0.05, 0) is 39.8 Å². The number of aromatic nitrogens is 1. The zero-order valence-corrected chi connectivity index (χ0v) is 15.4. The van der Waals surface area contributed by atoms with Crippen LogP contribution in [0.25, 0.3) is 0 Å². The molecule has 0 atom stereocenters. The number of carbonyl (C=O) groups is 1. The first-order chi connectivity index (χ1) is 11.3. The molecule has 0 N–H and O–H groups in total. The van der Waals surface area contributed by atoms with Crippen LogP contribution in [0.5, 0.6) is 5.75 Å². The van der Waals surface area contributed by atoms with Gasteiger partial charge in [0.05, 0.1) is 12.7 Å². The van der Waals surface area contributed by atoms with Crippen molar-refractivity contribution in [1.82, 2.24) is 14.8 Å². The van der Waals surface area contributed by atoms with Gasteiger partial charge < -0.3 is 14.4 Å². The highest BCUT2D eigenvalue weighted by Crippen LogP contribution is 2.22. The maximum Gasteiger partial charge on any atom is 0.276 e. The second-order valence-corrected chi connectivity index (χ2v) is 7.04. The predicted octanol–water partition coefficient (Wildman–Crippen LogP) is 2.05. The van der Waals surface area contributed by atoms with Crippen molar-refractivity contribution in [3.8, 4) is 5.75 Å². The lowest BCUT2D eigenvalue weighted by Crippen LogP contribution is -2.57. The lowest BCUT2D eigenvalue weighted by molar-refractivity contribution is 0.00346. The van der Waals surface area contributed by atoms with E-state index in [-0.39, 0.29) is 17.6 Å². The second-order valence-electron chi connectivity index (χ2n) is 7.04. The van der Waals surface area contributed by atoms with E-state index in [1.807, 2.05) is 18.7 Å². The number of piperazine rings is 1. The Morgan fingerprint density at radius 3 is 2.54 bits per heavy atom. The molecule has 0 spiro atoms. The number of ether oxygens (including phenoxy) is 2. The van der Waals surface area contributed by atoms with Gasteiger partial charge >= 0.3 is 0 Å². The van der Waals surface area contributed by atoms with Crippen molar-refractivity contribution in [2.24, 2.45) is 0 Å². The number of methoxy groups -OCH3 is 1. The highest BCUT2D eigenvalue weighted by molar-refractivity contribution is 5.95. The molecule has 0 radical (unpaired) electrons. The van der Waals surface area contributed by atoms with Crippen LogP contribution in [0.2, 0.25) is 0 Å². The van der Waals surface area contributed by atoms with Crippen molar-refractivity contribution in [1.29, 1.82) is 0 Å². The molecule has 2 heterocycles. The largest absolute Gasteiger partial charge is 0.489 e. The summed E-state index contributed by atoms with van der Waals surface area (Å²) in [6.07, 6.45) is 1.64. The van der Waals surface area contributed by atoms with E-state index in [1.165, 1.54) is 0 Å². The summed E-state index contributed by atoms with van der Waals surface area (Å²) in [4.78, 5) is 21.3. The molecular weight excluding hydrogens is 306 g/mol. The molecule has 1 saturated heterocycles. The summed E-state index contributed by atoms with van der Waals surface area (Å²) in [5, 5.41) is 0. The Bertz CT molecular complexity index is 552. The maximum absolute atomic E-state index is 12.8. The van der Waals surface area contributed by atoms with Crippen LogP contribution in [-0.2, 0) is 4.74 Å². The molecule has 6 nitrogen and oxygen atoms in total. The molecule has 0 unspecified atom stereocenters. The second kappa shape index (κ2) is 7.94. The molecule has 6 heteroatoms. The zero-order valence-electron chi connectivity index (χ0n) is 15.4. The van der Waals surface area contributed by atoms with Crippen LogP contribution < -0.4 is 4.74 Å². The Morgan fingerprint density at radius 2 is 1.96 bits per heavy atom. The molecule has 1 aromatic heterocycles. The van der Waals surface area contributed by atoms with Crippen LogP contribution in [0.15, 0.2) is 18.3 Å². The molecule has 0 aromatic carbocycles. The van der Waals surface area contributed by atoms with Crippen molar-refractivity contribution in [2.45, 2.75) is 39.3 Å². The zero-order chi connectivity index (χ0) is 17.7. The number of nitrogens with zero attached hydrogens (tertiary/aromatic N) is 3. The molecule has 1 amide bonds. The molecule has 134 valence electrons. The first-order valence-corrected chi connectivity index (χ1v) is 8.50. The van der Waals surface area contributed by atoms with Crippen molar-refractivity contribution in [3.63, 3.8) is 0 Å². The van der Waals surface area contributed by atoms with Gasteiger partial charge in [0.15, 0.2) is 11.4 Å². The van der Waals surface area contributed by atoms with Gasteiger partial charge in [-0.25, -0.2) is 4.98 Å². The van der Waals surface area contributed by atoms with Crippen LogP contribution in [0.4, 0.5) is 0 Å². The summed E-state index contributed by atoms with van der Waals surface area (Å²) < 4.78 is 11.0. The van der Waals surface area contributed by atoms with Crippen molar-refractivity contribution in [2.75, 3.05) is 39.9 Å². The summed E-state index contributed by atoms with van der Waals surface area (Å²) in [7, 11) is 1.72. The summed E-state index contributed by atoms with van der Waals surface area (Å²) >= 11 is 0. The van der Waals surface area contributed by atoms with Crippen molar-refractivity contribution < 1.29 is 14.3 Å². The summed E-state index contributed by atoms with van der Waals surface area (Å²) in [5.74, 6) is 0.495. The van der Waals surface area contributed by atoms with E-state index >= 15 is 0 Å². The molecule has 24 heavy (non-hydrogen) atoms. The number of hydrogen-bond acceptors (Lipinski definition) is 5. The number of rotatable bonds is 6. The third-order valence-electron chi connectivity index (χ3n) is 4.26. The molecule has 1 aliphatic rings. The highest BCUT2D eigenvalue weighted by Gasteiger charge is 2.32. The molecule has 1 fully saturated rings. The smallest absolute Gasteiger partial charge is 0.276 e. The molecule has 1 aliphatic heterocycles. The van der Waals surface area contributed by atoms with Crippen LogP contribution in [0.3, 0.4) is 0 Å². The van der Waals surface area contributed by atoms with Gasteiger partial charge in [-0.3, -0.25) is 9.69 Å². The summed E-state index contributed by atoms with van der Waals surface area (Å²) in [6, 6.07) is 3.60. The fourth-order valence-electron chi connectivity index (χ4n) is 3.01. The minimum atomic E-state index is -0.0598. The Hall–Kier alpha value is -1.66. The van der Waals surface area contributed by atoms with E-state index in [2.05, 4.69) is 23.7 Å². The van der Waals surface area contributed by atoms with Gasteiger partial charge in [0.2, 0.25) is 0 Å². The first-order valence-electron chi connectivity index (χ1n) is 8.50. The Labute approximate surface area is 144 Å². The third kappa shape index (κ3) is 4.45. The lowest BCUT2D eigenvalue weighted by atomic mass is 10.0. The fourth-order valence-corrected chi connectivity index (χ4v) is 3.01. The molecule has 1 aromatic rings. The van der Waals surface area contributed by atoms with E-state index < -0.39 is 0 Å². The SMILES string of the molecule is COCC(C)(C)N1CCN(C(=O)c2ncccc2OC(C)C)CC1. The van der Waals surface area contributed by atoms with E-state index in [1.54, 1.807) is 25.4 Å². The van der Waals surface area contributed by atoms with Gasteiger partial charge in [0, 0.05) is 45.0 Å². The molecule has 0 bridgehead atoms. The first kappa shape index (κ1) is 18.7. The van der Waals surface area contributed by atoms with Crippen LogP contribution in [0, 0.1) is 0 Å². The van der Waals surface area contributed by atoms with Gasteiger partial charge in [-0.15, -0.1) is 0 Å². The van der Waals surface area contributed by atoms with E-state index in [0.717, 1.165) is 13.1 Å². The molecule has 2 rings (SSSR count). The molecule has 0 aliphatic carbocycles. The van der Waals surface area contributed by atoms with E-state index in [0.29, 0.717) is 31.1 Å². The van der Waals surface area contributed by atoms with Gasteiger partial charge in [0.1, 0.15) is 0 Å². The van der Waals surface area contributed by atoms with E-state index in [4.69, 9.17) is 9.47 Å². The van der Waals surface area contributed by atoms with Crippen LogP contribution in [-0.4, -0.2) is 72.2 Å². The Balaban J connectivity index is 2.03. The monoisotopic (exact) mass is 335 g/mol. The topological polar surface area (TPSA) is 54.9 Å². The van der Waals surface area contributed by atoms with Gasteiger partial charge in [-0.1, -0.05) is 0 Å². The predicted molar refractivity (Wildman–Crippen MR) is 93.4 cm³/mol. The standard InChI is InChI=1S/C18H29N3O3/c1-14(2)24-15-7-6-8-19-16(15)17(22)20-9-11-21(12-10-20)18(3,4)13-23-5/h6-8,14H,9-13H2,1-5H3. The Kier molecular flexibility index (Phi) is 6.18. The number of pyridine rings is 1. The lowest BCUT2D eigenvalue weighted by Gasteiger charge is -2.43. The summed E-state index contributed by atoms with van der Waals surface area (Å²) in [6.45, 7) is 11.9. The molecule has 0 saturated carbocycles. The number of hydrogen-bond donors (Lipinski definition) is 0. The highest BCUT2D eigenvalue weighted by atomic mass is 16.5. The Morgan fingerprint density at radius 1 is 1.29 bits per heavy atom. The normalized spacial score (nSPS) is 16.5. The number of carbonyl (C=O) groups excluding carboxylic acids is 1. The fraction of sp³-hybridized carbons (Fsp3) is 0.667. The van der Waals surface area contributed by atoms with Crippen LogP contribution in [0.1, 0.15) is 38.2 Å². The van der Waals surface area contributed by atoms with Gasteiger partial charge in [0.25, 0.3) is 5.91 Å². The van der Waals surface area contributed by atoms with Crippen molar-refractivity contribution in [3.05, 3.63) is 24.0 Å². The quantitative estimate of drug-likeness (QED) is 0.796. The average Bonchev–Trinajstić information content (AvgIpc) is 2.54. The summed E-state index contributed by atoms with van der Waals surface area (Å²) in [5.41, 5.74) is 0.372.